The number of aryl methyl sites for hydroxylation is 2. The van der Waals surface area contributed by atoms with Crippen molar-refractivity contribution in [2.45, 2.75) is 39.2 Å². The van der Waals surface area contributed by atoms with Gasteiger partial charge in [-0.25, -0.2) is 0 Å². The molecule has 2 N–H and O–H groups in total. The number of rotatable bonds is 5. The number of carbonyl (C=O) groups is 1. The van der Waals surface area contributed by atoms with E-state index in [1.807, 2.05) is 26.0 Å². The highest BCUT2D eigenvalue weighted by Crippen LogP contribution is 2.39. The van der Waals surface area contributed by atoms with Gasteiger partial charge in [-0.3, -0.25) is 4.79 Å². The van der Waals surface area contributed by atoms with E-state index in [-0.39, 0.29) is 12.5 Å². The Bertz CT molecular complexity index is 537. The zero-order valence-electron chi connectivity index (χ0n) is 12.3. The van der Waals surface area contributed by atoms with Crippen LogP contribution in [0.25, 0.3) is 0 Å². The van der Waals surface area contributed by atoms with Gasteiger partial charge in [0.25, 0.3) is 0 Å². The van der Waals surface area contributed by atoms with Crippen LogP contribution < -0.4 is 10.6 Å². The Morgan fingerprint density at radius 2 is 1.95 bits per heavy atom. The van der Waals surface area contributed by atoms with Gasteiger partial charge >= 0.3 is 0 Å². The molecular formula is C16H21N3O. The molecule has 2 rings (SSSR count). The van der Waals surface area contributed by atoms with Crippen molar-refractivity contribution in [1.29, 1.82) is 5.26 Å². The number of nitrogens with zero attached hydrogens (tertiary/aromatic N) is 1. The van der Waals surface area contributed by atoms with Gasteiger partial charge in [0.15, 0.2) is 0 Å². The fraction of sp³-hybridized carbons (Fsp3) is 0.500. The Labute approximate surface area is 120 Å². The Hall–Kier alpha value is -2.02. The second-order valence-corrected chi connectivity index (χ2v) is 5.87. The summed E-state index contributed by atoms with van der Waals surface area (Å²) in [5, 5.41) is 15.2. The monoisotopic (exact) mass is 271 g/mol. The Morgan fingerprint density at radius 1 is 1.35 bits per heavy atom. The normalized spacial score (nSPS) is 16.9. The van der Waals surface area contributed by atoms with E-state index in [1.54, 1.807) is 6.92 Å². The largest absolute Gasteiger partial charge is 0.376 e. The summed E-state index contributed by atoms with van der Waals surface area (Å²) in [5.41, 5.74) is 2.53. The molecule has 1 atom stereocenters. The van der Waals surface area contributed by atoms with E-state index in [9.17, 15) is 10.1 Å². The first-order chi connectivity index (χ1) is 9.43. The molecule has 0 radical (unpaired) electrons. The van der Waals surface area contributed by atoms with Gasteiger partial charge in [0, 0.05) is 5.69 Å². The SMILES string of the molecule is Cc1cc(C)cc(NCC(=O)N[C@@](C)(C#N)C2CC2)c1. The molecule has 106 valence electrons. The molecule has 1 aromatic rings. The summed E-state index contributed by atoms with van der Waals surface area (Å²) in [6.07, 6.45) is 2.05. The minimum absolute atomic E-state index is 0.139. The van der Waals surface area contributed by atoms with Crippen LogP contribution in [-0.2, 0) is 4.79 Å². The second-order valence-electron chi connectivity index (χ2n) is 5.87. The standard InChI is InChI=1S/C16H21N3O/c1-11-6-12(2)8-14(7-11)18-9-15(20)19-16(3,10-17)13-4-5-13/h6-8,13,18H,4-5,9H2,1-3H3,(H,19,20)/t16-/m0/s1. The quantitative estimate of drug-likeness (QED) is 0.865. The summed E-state index contributed by atoms with van der Waals surface area (Å²) < 4.78 is 0. The molecule has 1 aliphatic carbocycles. The van der Waals surface area contributed by atoms with Crippen molar-refractivity contribution >= 4 is 11.6 Å². The second kappa shape index (κ2) is 5.54. The molecule has 4 nitrogen and oxygen atoms in total. The molecular weight excluding hydrogens is 250 g/mol. The average Bonchev–Trinajstić information content (AvgIpc) is 3.19. The molecule has 4 heteroatoms. The van der Waals surface area contributed by atoms with Gasteiger partial charge < -0.3 is 10.6 Å². The van der Waals surface area contributed by atoms with E-state index in [1.165, 1.54) is 0 Å². The van der Waals surface area contributed by atoms with Gasteiger partial charge in [-0.15, -0.1) is 0 Å². The van der Waals surface area contributed by atoms with Crippen molar-refractivity contribution in [2.24, 2.45) is 5.92 Å². The number of carbonyl (C=O) groups excluding carboxylic acids is 1. The smallest absolute Gasteiger partial charge is 0.240 e. The molecule has 0 aliphatic heterocycles. The first kappa shape index (κ1) is 14.4. The third kappa shape index (κ3) is 3.51. The van der Waals surface area contributed by atoms with Crippen molar-refractivity contribution in [3.8, 4) is 6.07 Å². The number of nitrogens with one attached hydrogen (secondary N) is 2. The van der Waals surface area contributed by atoms with Gasteiger partial charge in [0.2, 0.25) is 5.91 Å². The predicted molar refractivity (Wildman–Crippen MR) is 79.3 cm³/mol. The first-order valence-electron chi connectivity index (χ1n) is 6.97. The van der Waals surface area contributed by atoms with Crippen LogP contribution in [0.4, 0.5) is 5.69 Å². The summed E-state index contributed by atoms with van der Waals surface area (Å²) in [7, 11) is 0. The van der Waals surface area contributed by atoms with Gasteiger partial charge in [0.05, 0.1) is 12.6 Å². The van der Waals surface area contributed by atoms with Crippen LogP contribution in [0.15, 0.2) is 18.2 Å². The lowest BCUT2D eigenvalue weighted by molar-refractivity contribution is -0.120. The molecule has 0 bridgehead atoms. The van der Waals surface area contributed by atoms with Gasteiger partial charge in [-0.1, -0.05) is 6.07 Å². The van der Waals surface area contributed by atoms with Crippen molar-refractivity contribution in [1.82, 2.24) is 5.32 Å². The minimum atomic E-state index is -0.721. The maximum Gasteiger partial charge on any atom is 0.240 e. The summed E-state index contributed by atoms with van der Waals surface area (Å²) in [6.45, 7) is 6.04. The molecule has 1 aromatic carbocycles. The fourth-order valence-electron chi connectivity index (χ4n) is 2.47. The van der Waals surface area contributed by atoms with E-state index in [0.717, 1.165) is 29.7 Å². The molecule has 20 heavy (non-hydrogen) atoms. The molecule has 1 fully saturated rings. The number of hydrogen-bond acceptors (Lipinski definition) is 3. The number of anilines is 1. The number of nitriles is 1. The van der Waals surface area contributed by atoms with Gasteiger partial charge in [0.1, 0.15) is 5.54 Å². The third-order valence-electron chi connectivity index (χ3n) is 3.70. The van der Waals surface area contributed by atoms with E-state index in [0.29, 0.717) is 5.92 Å². The van der Waals surface area contributed by atoms with Crippen LogP contribution in [0.3, 0.4) is 0 Å². The van der Waals surface area contributed by atoms with E-state index in [4.69, 9.17) is 0 Å². The Kier molecular flexibility index (Phi) is 3.99. The molecule has 0 unspecified atom stereocenters. The Morgan fingerprint density at radius 3 is 2.45 bits per heavy atom. The molecule has 1 amide bonds. The maximum absolute atomic E-state index is 12.0. The molecule has 0 spiro atoms. The van der Waals surface area contributed by atoms with E-state index < -0.39 is 5.54 Å². The van der Waals surface area contributed by atoms with Crippen LogP contribution in [0.1, 0.15) is 30.9 Å². The average molecular weight is 271 g/mol. The first-order valence-corrected chi connectivity index (χ1v) is 6.97. The number of hydrogen-bond donors (Lipinski definition) is 2. The highest BCUT2D eigenvalue weighted by Gasteiger charge is 2.42. The minimum Gasteiger partial charge on any atom is -0.376 e. The topological polar surface area (TPSA) is 64.9 Å². The van der Waals surface area contributed by atoms with Crippen molar-refractivity contribution in [2.75, 3.05) is 11.9 Å². The fourth-order valence-corrected chi connectivity index (χ4v) is 2.47. The van der Waals surface area contributed by atoms with Gasteiger partial charge in [-0.05, 0) is 62.8 Å². The molecule has 0 saturated heterocycles. The van der Waals surface area contributed by atoms with Crippen molar-refractivity contribution in [3.05, 3.63) is 29.3 Å². The molecule has 0 aromatic heterocycles. The molecule has 1 saturated carbocycles. The zero-order valence-corrected chi connectivity index (χ0v) is 12.3. The third-order valence-corrected chi connectivity index (χ3v) is 3.70. The van der Waals surface area contributed by atoms with Crippen LogP contribution in [0, 0.1) is 31.1 Å². The van der Waals surface area contributed by atoms with Crippen LogP contribution >= 0.6 is 0 Å². The summed E-state index contributed by atoms with van der Waals surface area (Å²) >= 11 is 0. The lowest BCUT2D eigenvalue weighted by Crippen LogP contribution is -2.48. The van der Waals surface area contributed by atoms with E-state index >= 15 is 0 Å². The molecule has 0 heterocycles. The van der Waals surface area contributed by atoms with Crippen molar-refractivity contribution in [3.63, 3.8) is 0 Å². The maximum atomic E-state index is 12.0. The lowest BCUT2D eigenvalue weighted by atomic mass is 9.98. The number of benzene rings is 1. The summed E-state index contributed by atoms with van der Waals surface area (Å²) in [6, 6.07) is 8.33. The van der Waals surface area contributed by atoms with Crippen LogP contribution in [0.2, 0.25) is 0 Å². The highest BCUT2D eigenvalue weighted by molar-refractivity contribution is 5.82. The van der Waals surface area contributed by atoms with Crippen LogP contribution in [0.5, 0.6) is 0 Å². The predicted octanol–water partition coefficient (Wildman–Crippen LogP) is 2.52. The van der Waals surface area contributed by atoms with Gasteiger partial charge in [-0.2, -0.15) is 5.26 Å². The lowest BCUT2D eigenvalue weighted by Gasteiger charge is -2.23. The van der Waals surface area contributed by atoms with Crippen LogP contribution in [-0.4, -0.2) is 18.0 Å². The van der Waals surface area contributed by atoms with Crippen molar-refractivity contribution < 1.29 is 4.79 Å². The molecule has 1 aliphatic rings. The summed E-state index contributed by atoms with van der Waals surface area (Å²) in [4.78, 5) is 12.0. The summed E-state index contributed by atoms with van der Waals surface area (Å²) in [5.74, 6) is 0.165. The Balaban J connectivity index is 1.90. The van der Waals surface area contributed by atoms with E-state index in [2.05, 4.69) is 22.8 Å². The highest BCUT2D eigenvalue weighted by atomic mass is 16.2. The number of amides is 1. The zero-order chi connectivity index (χ0) is 14.8.